The van der Waals surface area contributed by atoms with E-state index in [2.05, 4.69) is 15.0 Å². The second-order valence-corrected chi connectivity index (χ2v) is 2.50. The molecule has 78 valence electrons. The van der Waals surface area contributed by atoms with Crippen molar-refractivity contribution in [1.82, 2.24) is 10.5 Å². The van der Waals surface area contributed by atoms with Gasteiger partial charge in [-0.1, -0.05) is 5.16 Å². The molecule has 0 aromatic carbocycles. The van der Waals surface area contributed by atoms with Crippen LogP contribution in [0.15, 0.2) is 16.9 Å². The van der Waals surface area contributed by atoms with Gasteiger partial charge in [0, 0.05) is 20.3 Å². The van der Waals surface area contributed by atoms with Crippen molar-refractivity contribution in [2.24, 2.45) is 0 Å². The fourth-order valence-electron chi connectivity index (χ4n) is 0.859. The number of aromatic nitrogens is 1. The van der Waals surface area contributed by atoms with E-state index in [1.165, 1.54) is 26.5 Å². The highest BCUT2D eigenvalue weighted by molar-refractivity contribution is 5.91. The van der Waals surface area contributed by atoms with E-state index in [9.17, 15) is 4.79 Å². The van der Waals surface area contributed by atoms with Crippen LogP contribution >= 0.6 is 0 Å². The number of nitrogens with zero attached hydrogens (tertiary/aromatic N) is 1. The maximum atomic E-state index is 11.3. The summed E-state index contributed by atoms with van der Waals surface area (Å²) in [6, 6.07) is 1.48. The van der Waals surface area contributed by atoms with Crippen LogP contribution in [-0.2, 0) is 9.47 Å². The zero-order valence-electron chi connectivity index (χ0n) is 8.02. The summed E-state index contributed by atoms with van der Waals surface area (Å²) in [6.45, 7) is 0.263. The fraction of sp³-hybridized carbons (Fsp3) is 0.500. The Morgan fingerprint density at radius 2 is 2.36 bits per heavy atom. The van der Waals surface area contributed by atoms with E-state index in [4.69, 9.17) is 9.47 Å². The number of carbonyl (C=O) groups excluding carboxylic acids is 1. The molecule has 0 fully saturated rings. The topological polar surface area (TPSA) is 73.6 Å². The lowest BCUT2D eigenvalue weighted by Crippen LogP contribution is -2.34. The number of carbonyl (C=O) groups is 1. The predicted octanol–water partition coefficient (Wildman–Crippen LogP) is 0.0233. The summed E-state index contributed by atoms with van der Waals surface area (Å²) in [5.74, 6) is -0.321. The van der Waals surface area contributed by atoms with Crippen LogP contribution in [0.4, 0.5) is 0 Å². The molecule has 0 aliphatic heterocycles. The zero-order chi connectivity index (χ0) is 10.4. The fourth-order valence-corrected chi connectivity index (χ4v) is 0.859. The van der Waals surface area contributed by atoms with Gasteiger partial charge in [-0.05, 0) is 0 Å². The Bertz CT molecular complexity index is 269. The van der Waals surface area contributed by atoms with Crippen molar-refractivity contribution < 1.29 is 18.8 Å². The van der Waals surface area contributed by atoms with E-state index in [0.717, 1.165) is 0 Å². The largest absolute Gasteiger partial charge is 0.364 e. The Morgan fingerprint density at radius 3 is 2.86 bits per heavy atom. The van der Waals surface area contributed by atoms with Crippen molar-refractivity contribution in [3.63, 3.8) is 0 Å². The molecule has 0 radical (unpaired) electrons. The lowest BCUT2D eigenvalue weighted by molar-refractivity contribution is -0.0974. The highest BCUT2D eigenvalue weighted by Crippen LogP contribution is 1.94. The van der Waals surface area contributed by atoms with Crippen LogP contribution in [0, 0.1) is 0 Å². The number of rotatable bonds is 5. The van der Waals surface area contributed by atoms with Gasteiger partial charge in [-0.15, -0.1) is 0 Å². The number of amides is 1. The second-order valence-electron chi connectivity index (χ2n) is 2.50. The van der Waals surface area contributed by atoms with Gasteiger partial charge in [0.25, 0.3) is 5.91 Å². The predicted molar refractivity (Wildman–Crippen MR) is 46.6 cm³/mol. The number of methoxy groups -OCH3 is 2. The van der Waals surface area contributed by atoms with Gasteiger partial charge in [-0.25, -0.2) is 0 Å². The second kappa shape index (κ2) is 5.36. The molecule has 0 atom stereocenters. The lowest BCUT2D eigenvalue weighted by atomic mass is 10.4. The first-order valence-electron chi connectivity index (χ1n) is 4.02. The van der Waals surface area contributed by atoms with Gasteiger partial charge < -0.3 is 19.3 Å². The van der Waals surface area contributed by atoms with Gasteiger partial charge in [0.1, 0.15) is 6.26 Å². The third-order valence-corrected chi connectivity index (χ3v) is 1.63. The van der Waals surface area contributed by atoms with Crippen LogP contribution in [0.2, 0.25) is 0 Å². The lowest BCUT2D eigenvalue weighted by Gasteiger charge is -2.12. The Balaban J connectivity index is 2.35. The van der Waals surface area contributed by atoms with Crippen molar-refractivity contribution in [1.29, 1.82) is 0 Å². The summed E-state index contributed by atoms with van der Waals surface area (Å²) >= 11 is 0. The average Bonchev–Trinajstić information content (AvgIpc) is 2.72. The van der Waals surface area contributed by atoms with Crippen molar-refractivity contribution in [2.45, 2.75) is 6.29 Å². The SMILES string of the molecule is COC(CNC(=O)c1ccon1)OC. The molecule has 0 saturated carbocycles. The first kappa shape index (κ1) is 10.7. The Kier molecular flexibility index (Phi) is 4.09. The van der Waals surface area contributed by atoms with Crippen molar-refractivity contribution in [3.8, 4) is 0 Å². The van der Waals surface area contributed by atoms with E-state index in [1.54, 1.807) is 0 Å². The molecule has 1 aromatic rings. The molecule has 0 saturated heterocycles. The highest BCUT2D eigenvalue weighted by atomic mass is 16.7. The molecule has 0 bridgehead atoms. The third kappa shape index (κ3) is 2.82. The quantitative estimate of drug-likeness (QED) is 0.678. The summed E-state index contributed by atoms with van der Waals surface area (Å²) in [5, 5.41) is 6.05. The molecule has 0 unspecified atom stereocenters. The number of hydrogen-bond acceptors (Lipinski definition) is 5. The molecule has 1 aromatic heterocycles. The molecular formula is C8H12N2O4. The summed E-state index contributed by atoms with van der Waals surface area (Å²) in [5.41, 5.74) is 0.232. The molecule has 0 aliphatic carbocycles. The van der Waals surface area contributed by atoms with Gasteiger partial charge in [0.2, 0.25) is 0 Å². The molecule has 6 heteroatoms. The Labute approximate surface area is 81.2 Å². The monoisotopic (exact) mass is 200 g/mol. The van der Waals surface area contributed by atoms with E-state index in [-0.39, 0.29) is 18.1 Å². The summed E-state index contributed by atoms with van der Waals surface area (Å²) in [4.78, 5) is 11.3. The maximum absolute atomic E-state index is 11.3. The van der Waals surface area contributed by atoms with Gasteiger partial charge in [0.15, 0.2) is 12.0 Å². The third-order valence-electron chi connectivity index (χ3n) is 1.63. The first-order chi connectivity index (χ1) is 6.77. The number of hydrogen-bond donors (Lipinski definition) is 1. The zero-order valence-corrected chi connectivity index (χ0v) is 8.02. The maximum Gasteiger partial charge on any atom is 0.273 e. The van der Waals surface area contributed by atoms with Crippen LogP contribution in [0.5, 0.6) is 0 Å². The van der Waals surface area contributed by atoms with Gasteiger partial charge >= 0.3 is 0 Å². The van der Waals surface area contributed by atoms with E-state index in [0.29, 0.717) is 0 Å². The molecule has 1 amide bonds. The molecule has 0 aliphatic rings. The number of nitrogens with one attached hydrogen (secondary N) is 1. The molecule has 0 spiro atoms. The minimum Gasteiger partial charge on any atom is -0.364 e. The van der Waals surface area contributed by atoms with Crippen molar-refractivity contribution in [2.75, 3.05) is 20.8 Å². The highest BCUT2D eigenvalue weighted by Gasteiger charge is 2.11. The minimum atomic E-state index is -0.453. The standard InChI is InChI=1S/C8H12N2O4/c1-12-7(13-2)5-9-8(11)6-3-4-14-10-6/h3-4,7H,5H2,1-2H3,(H,9,11). The van der Waals surface area contributed by atoms with Crippen LogP contribution in [-0.4, -0.2) is 38.1 Å². The molecule has 1 rings (SSSR count). The average molecular weight is 200 g/mol. The summed E-state index contributed by atoms with van der Waals surface area (Å²) in [7, 11) is 2.99. The first-order valence-corrected chi connectivity index (χ1v) is 4.02. The smallest absolute Gasteiger partial charge is 0.273 e. The van der Waals surface area contributed by atoms with Crippen LogP contribution in [0.3, 0.4) is 0 Å². The molecule has 1 N–H and O–H groups in total. The Morgan fingerprint density at radius 1 is 1.64 bits per heavy atom. The molecular weight excluding hydrogens is 188 g/mol. The van der Waals surface area contributed by atoms with Crippen LogP contribution < -0.4 is 5.32 Å². The van der Waals surface area contributed by atoms with Gasteiger partial charge in [-0.2, -0.15) is 0 Å². The molecule has 6 nitrogen and oxygen atoms in total. The minimum absolute atomic E-state index is 0.232. The van der Waals surface area contributed by atoms with Crippen LogP contribution in [0.25, 0.3) is 0 Å². The van der Waals surface area contributed by atoms with E-state index < -0.39 is 6.29 Å². The van der Waals surface area contributed by atoms with E-state index in [1.807, 2.05) is 0 Å². The Hall–Kier alpha value is -1.40. The van der Waals surface area contributed by atoms with Gasteiger partial charge in [-0.3, -0.25) is 4.79 Å². The summed E-state index contributed by atoms with van der Waals surface area (Å²) < 4.78 is 14.3. The van der Waals surface area contributed by atoms with Gasteiger partial charge in [0.05, 0.1) is 6.54 Å². The van der Waals surface area contributed by atoms with Crippen molar-refractivity contribution >= 4 is 5.91 Å². The molecule has 1 heterocycles. The number of ether oxygens (including phenoxy) is 2. The van der Waals surface area contributed by atoms with Crippen molar-refractivity contribution in [3.05, 3.63) is 18.0 Å². The molecule has 14 heavy (non-hydrogen) atoms. The normalized spacial score (nSPS) is 10.5. The summed E-state index contributed by atoms with van der Waals surface area (Å²) in [6.07, 6.45) is 0.879. The van der Waals surface area contributed by atoms with E-state index >= 15 is 0 Å². The van der Waals surface area contributed by atoms with Crippen LogP contribution in [0.1, 0.15) is 10.5 Å².